The maximum absolute atomic E-state index is 13.5. The van der Waals surface area contributed by atoms with E-state index in [2.05, 4.69) is 4.74 Å². The summed E-state index contributed by atoms with van der Waals surface area (Å²) in [6, 6.07) is 0. The van der Waals surface area contributed by atoms with Gasteiger partial charge in [-0.3, -0.25) is 0 Å². The van der Waals surface area contributed by atoms with Crippen LogP contribution < -0.4 is 0 Å². The zero-order valence-electron chi connectivity index (χ0n) is 9.11. The highest BCUT2D eigenvalue weighted by molar-refractivity contribution is 5.75. The Bertz CT molecular complexity index is 315. The highest BCUT2D eigenvalue weighted by Gasteiger charge is 2.53. The van der Waals surface area contributed by atoms with Crippen LogP contribution in [0.1, 0.15) is 6.42 Å². The highest BCUT2D eigenvalue weighted by Crippen LogP contribution is 2.31. The van der Waals surface area contributed by atoms with Crippen molar-refractivity contribution in [3.05, 3.63) is 0 Å². The standard InChI is InChI=1S/C9H14F2O7/c10-2-4(13)5(11)7-6(14)3(12)1-9(17,18-7)8(15)16/h3-7,12-14,17H,1-2H2,(H,15,16)/t3?,4-,5+,6?,7?,9?/m1/s1. The van der Waals surface area contributed by atoms with Gasteiger partial charge in [-0.2, -0.15) is 0 Å². The van der Waals surface area contributed by atoms with Gasteiger partial charge in [-0.1, -0.05) is 0 Å². The number of alkyl halides is 2. The Morgan fingerprint density at radius 2 is 2.06 bits per heavy atom. The third kappa shape index (κ3) is 2.75. The SMILES string of the molecule is O=C(O)C1(O)CC(O)C(O)C([C@@H](F)[C@H](O)CF)O1. The number of aliphatic carboxylic acids is 1. The molecule has 5 N–H and O–H groups in total. The number of ether oxygens (including phenoxy) is 1. The summed E-state index contributed by atoms with van der Waals surface area (Å²) in [5.74, 6) is -4.79. The Morgan fingerprint density at radius 3 is 2.50 bits per heavy atom. The van der Waals surface area contributed by atoms with Crippen LogP contribution in [-0.4, -0.2) is 74.6 Å². The van der Waals surface area contributed by atoms with Gasteiger partial charge in [-0.05, 0) is 0 Å². The molecule has 0 spiro atoms. The zero-order valence-corrected chi connectivity index (χ0v) is 9.11. The molecule has 0 saturated carbocycles. The summed E-state index contributed by atoms with van der Waals surface area (Å²) < 4.78 is 30.1. The molecular weight excluding hydrogens is 258 g/mol. The van der Waals surface area contributed by atoms with Gasteiger partial charge in [0.25, 0.3) is 5.79 Å². The highest BCUT2D eigenvalue weighted by atomic mass is 19.1. The molecule has 0 bridgehead atoms. The van der Waals surface area contributed by atoms with Crippen molar-refractivity contribution in [2.75, 3.05) is 6.67 Å². The number of carboxylic acid groups (broad SMARTS) is 1. The molecule has 106 valence electrons. The third-order valence-electron chi connectivity index (χ3n) is 2.72. The van der Waals surface area contributed by atoms with E-state index in [4.69, 9.17) is 10.2 Å². The van der Waals surface area contributed by atoms with Crippen molar-refractivity contribution in [2.24, 2.45) is 0 Å². The minimum atomic E-state index is -2.90. The number of carboxylic acids is 1. The van der Waals surface area contributed by atoms with Crippen molar-refractivity contribution in [3.8, 4) is 0 Å². The van der Waals surface area contributed by atoms with Gasteiger partial charge < -0.3 is 30.3 Å². The van der Waals surface area contributed by atoms with Crippen LogP contribution in [0.15, 0.2) is 0 Å². The van der Waals surface area contributed by atoms with Crippen molar-refractivity contribution in [3.63, 3.8) is 0 Å². The number of hydrogen-bond acceptors (Lipinski definition) is 6. The van der Waals surface area contributed by atoms with Crippen LogP contribution in [0.5, 0.6) is 0 Å². The molecule has 6 atom stereocenters. The van der Waals surface area contributed by atoms with Crippen molar-refractivity contribution in [2.45, 2.75) is 42.8 Å². The van der Waals surface area contributed by atoms with E-state index in [0.717, 1.165) is 0 Å². The van der Waals surface area contributed by atoms with E-state index in [0.29, 0.717) is 0 Å². The fourth-order valence-electron chi connectivity index (χ4n) is 1.66. The lowest BCUT2D eigenvalue weighted by Crippen LogP contribution is -2.62. The third-order valence-corrected chi connectivity index (χ3v) is 2.72. The molecule has 1 aliphatic heterocycles. The summed E-state index contributed by atoms with van der Waals surface area (Å²) in [5.41, 5.74) is 0. The minimum absolute atomic E-state index is 0.877. The number of aliphatic hydroxyl groups is 4. The summed E-state index contributed by atoms with van der Waals surface area (Å²) in [4.78, 5) is 10.7. The number of hydrogen-bond donors (Lipinski definition) is 5. The van der Waals surface area contributed by atoms with E-state index in [1.165, 1.54) is 0 Å². The topological polar surface area (TPSA) is 127 Å². The summed E-state index contributed by atoms with van der Waals surface area (Å²) in [6.07, 6.45) is -11.3. The molecule has 9 heteroatoms. The van der Waals surface area contributed by atoms with E-state index in [9.17, 15) is 28.9 Å². The zero-order chi connectivity index (χ0) is 14.1. The fraction of sp³-hybridized carbons (Fsp3) is 0.889. The second-order valence-electron chi connectivity index (χ2n) is 4.10. The first-order chi connectivity index (χ1) is 8.23. The molecule has 4 unspecified atom stereocenters. The predicted octanol–water partition coefficient (Wildman–Crippen LogP) is -2.06. The first-order valence-electron chi connectivity index (χ1n) is 5.10. The van der Waals surface area contributed by atoms with Crippen molar-refractivity contribution < 1.29 is 43.8 Å². The summed E-state index contributed by atoms with van der Waals surface area (Å²) in [5, 5.41) is 45.8. The van der Waals surface area contributed by atoms with Crippen LogP contribution in [0.25, 0.3) is 0 Å². The van der Waals surface area contributed by atoms with Crippen molar-refractivity contribution in [1.29, 1.82) is 0 Å². The normalized spacial score (nSPS) is 40.2. The van der Waals surface area contributed by atoms with Crippen LogP contribution in [0.3, 0.4) is 0 Å². The number of aliphatic hydroxyl groups excluding tert-OH is 3. The fourth-order valence-corrected chi connectivity index (χ4v) is 1.66. The molecule has 0 aromatic carbocycles. The molecule has 0 aromatic heterocycles. The summed E-state index contributed by atoms with van der Waals surface area (Å²) in [7, 11) is 0. The van der Waals surface area contributed by atoms with Gasteiger partial charge >= 0.3 is 5.97 Å². The average Bonchev–Trinajstić information content (AvgIpc) is 2.31. The van der Waals surface area contributed by atoms with E-state index in [1.807, 2.05) is 0 Å². The van der Waals surface area contributed by atoms with Gasteiger partial charge in [0.05, 0.1) is 6.10 Å². The summed E-state index contributed by atoms with van der Waals surface area (Å²) >= 11 is 0. The predicted molar refractivity (Wildman–Crippen MR) is 51.0 cm³/mol. The van der Waals surface area contributed by atoms with Crippen LogP contribution in [0.2, 0.25) is 0 Å². The van der Waals surface area contributed by atoms with Gasteiger partial charge in [-0.25, -0.2) is 13.6 Å². The molecular formula is C9H14F2O7. The Morgan fingerprint density at radius 1 is 1.50 bits per heavy atom. The molecule has 0 radical (unpaired) electrons. The second-order valence-corrected chi connectivity index (χ2v) is 4.10. The van der Waals surface area contributed by atoms with E-state index in [1.54, 1.807) is 0 Å². The van der Waals surface area contributed by atoms with Crippen molar-refractivity contribution >= 4 is 5.97 Å². The molecule has 0 aliphatic carbocycles. The lowest BCUT2D eigenvalue weighted by atomic mass is 9.91. The van der Waals surface area contributed by atoms with Gasteiger partial charge in [0.2, 0.25) is 0 Å². The van der Waals surface area contributed by atoms with E-state index in [-0.39, 0.29) is 0 Å². The Labute approximate surface area is 100 Å². The molecule has 1 heterocycles. The molecule has 1 rings (SSSR count). The molecule has 1 aliphatic rings. The van der Waals surface area contributed by atoms with Crippen LogP contribution in [0, 0.1) is 0 Å². The minimum Gasteiger partial charge on any atom is -0.477 e. The maximum atomic E-state index is 13.5. The largest absolute Gasteiger partial charge is 0.477 e. The van der Waals surface area contributed by atoms with Gasteiger partial charge in [0.15, 0.2) is 6.17 Å². The molecule has 7 nitrogen and oxygen atoms in total. The molecule has 1 fully saturated rings. The lowest BCUT2D eigenvalue weighted by molar-refractivity contribution is -0.307. The van der Waals surface area contributed by atoms with Crippen molar-refractivity contribution in [1.82, 2.24) is 0 Å². The number of halogens is 2. The quantitative estimate of drug-likeness (QED) is 0.398. The van der Waals surface area contributed by atoms with Crippen LogP contribution in [-0.2, 0) is 9.53 Å². The van der Waals surface area contributed by atoms with Crippen LogP contribution in [0.4, 0.5) is 8.78 Å². The molecule has 1 saturated heterocycles. The van der Waals surface area contributed by atoms with E-state index < -0.39 is 55.4 Å². The smallest absolute Gasteiger partial charge is 0.364 e. The van der Waals surface area contributed by atoms with Crippen LogP contribution >= 0.6 is 0 Å². The number of rotatable bonds is 4. The summed E-state index contributed by atoms with van der Waals surface area (Å²) in [6.45, 7) is -1.49. The monoisotopic (exact) mass is 272 g/mol. The second kappa shape index (κ2) is 5.41. The first-order valence-corrected chi connectivity index (χ1v) is 5.10. The number of carbonyl (C=O) groups is 1. The Balaban J connectivity index is 2.92. The average molecular weight is 272 g/mol. The Kier molecular flexibility index (Phi) is 4.56. The molecule has 18 heavy (non-hydrogen) atoms. The molecule has 0 amide bonds. The van der Waals surface area contributed by atoms with E-state index >= 15 is 0 Å². The van der Waals surface area contributed by atoms with Gasteiger partial charge in [-0.15, -0.1) is 0 Å². The van der Waals surface area contributed by atoms with Gasteiger partial charge in [0, 0.05) is 6.42 Å². The molecule has 0 aromatic rings. The maximum Gasteiger partial charge on any atom is 0.364 e. The lowest BCUT2D eigenvalue weighted by Gasteiger charge is -2.41. The first kappa shape index (κ1) is 15.2. The van der Waals surface area contributed by atoms with Gasteiger partial charge in [0.1, 0.15) is 25.0 Å². The Hall–Kier alpha value is -0.870.